The third kappa shape index (κ3) is 4.07. The Bertz CT molecular complexity index is 517. The summed E-state index contributed by atoms with van der Waals surface area (Å²) in [5, 5.41) is 3.32. The van der Waals surface area contributed by atoms with Crippen LogP contribution in [0.4, 0.5) is 0 Å². The molecule has 1 aromatic carbocycles. The lowest BCUT2D eigenvalue weighted by atomic mass is 10.2. The van der Waals surface area contributed by atoms with Gasteiger partial charge in [0.2, 0.25) is 0 Å². The minimum absolute atomic E-state index is 0.728. The van der Waals surface area contributed by atoms with E-state index in [9.17, 15) is 0 Å². The molecule has 0 saturated carbocycles. The van der Waals surface area contributed by atoms with Crippen molar-refractivity contribution in [3.63, 3.8) is 0 Å². The van der Waals surface area contributed by atoms with Gasteiger partial charge in [-0.25, -0.2) is 0 Å². The van der Waals surface area contributed by atoms with E-state index in [1.807, 2.05) is 41.7 Å². The first-order valence-corrected chi connectivity index (χ1v) is 6.46. The van der Waals surface area contributed by atoms with Crippen LogP contribution < -0.4 is 5.32 Å². The molecule has 0 aliphatic heterocycles. The van der Waals surface area contributed by atoms with Gasteiger partial charge in [-0.1, -0.05) is 30.0 Å². The quantitative estimate of drug-likeness (QED) is 0.643. The summed E-state index contributed by atoms with van der Waals surface area (Å²) >= 11 is 1.83. The van der Waals surface area contributed by atoms with E-state index in [-0.39, 0.29) is 0 Å². The highest BCUT2D eigenvalue weighted by Crippen LogP contribution is 2.14. The van der Waals surface area contributed by atoms with E-state index in [1.54, 1.807) is 0 Å². The van der Waals surface area contributed by atoms with Gasteiger partial charge in [-0.2, -0.15) is 0 Å². The summed E-state index contributed by atoms with van der Waals surface area (Å²) < 4.78 is 0. The predicted molar refractivity (Wildman–Crippen MR) is 74.1 cm³/mol. The van der Waals surface area contributed by atoms with Crippen molar-refractivity contribution >= 4 is 11.3 Å². The van der Waals surface area contributed by atoms with Gasteiger partial charge in [0.1, 0.15) is 0 Å². The molecule has 2 aromatic rings. The fraction of sp³-hybridized carbons (Fsp3) is 0.200. The van der Waals surface area contributed by atoms with Gasteiger partial charge in [0.15, 0.2) is 0 Å². The van der Waals surface area contributed by atoms with Crippen LogP contribution in [-0.4, -0.2) is 6.54 Å². The molecule has 0 fully saturated rings. The highest BCUT2D eigenvalue weighted by molar-refractivity contribution is 7.11. The summed E-state index contributed by atoms with van der Waals surface area (Å²) in [6.07, 6.45) is 0. The largest absolute Gasteiger partial charge is 0.301 e. The fourth-order valence-corrected chi connectivity index (χ4v) is 2.36. The maximum absolute atomic E-state index is 3.32. The topological polar surface area (TPSA) is 12.0 Å². The maximum atomic E-state index is 3.32. The van der Waals surface area contributed by atoms with E-state index in [0.29, 0.717) is 0 Å². The zero-order valence-corrected chi connectivity index (χ0v) is 10.7. The summed E-state index contributed by atoms with van der Waals surface area (Å²) in [5.74, 6) is 6.25. The van der Waals surface area contributed by atoms with Gasteiger partial charge in [0.25, 0.3) is 0 Å². The molecule has 17 heavy (non-hydrogen) atoms. The summed E-state index contributed by atoms with van der Waals surface area (Å²) in [6, 6.07) is 14.4. The van der Waals surface area contributed by atoms with Gasteiger partial charge in [0.05, 0.1) is 6.54 Å². The molecule has 0 unspecified atom stereocenters. The Balaban J connectivity index is 1.75. The Morgan fingerprint density at radius 2 is 1.94 bits per heavy atom. The molecule has 1 heterocycles. The van der Waals surface area contributed by atoms with E-state index in [0.717, 1.165) is 18.7 Å². The number of benzene rings is 1. The number of hydrogen-bond donors (Lipinski definition) is 1. The van der Waals surface area contributed by atoms with Gasteiger partial charge in [0, 0.05) is 21.9 Å². The molecule has 0 aliphatic carbocycles. The van der Waals surface area contributed by atoms with Crippen LogP contribution in [-0.2, 0) is 6.54 Å². The molecule has 0 radical (unpaired) electrons. The van der Waals surface area contributed by atoms with Crippen molar-refractivity contribution in [2.45, 2.75) is 13.5 Å². The Morgan fingerprint density at radius 3 is 2.65 bits per heavy atom. The first-order chi connectivity index (χ1) is 8.34. The summed E-state index contributed by atoms with van der Waals surface area (Å²) in [4.78, 5) is 2.72. The first-order valence-electron chi connectivity index (χ1n) is 5.64. The number of aryl methyl sites for hydroxylation is 1. The van der Waals surface area contributed by atoms with Gasteiger partial charge in [-0.05, 0) is 31.2 Å². The molecular formula is C15H15NS. The number of nitrogens with one attached hydrogen (secondary N) is 1. The molecule has 86 valence electrons. The summed E-state index contributed by atoms with van der Waals surface area (Å²) in [5.41, 5.74) is 1.07. The molecule has 1 nitrogen and oxygen atoms in total. The minimum Gasteiger partial charge on any atom is -0.301 e. The Labute approximate surface area is 107 Å². The molecule has 0 saturated heterocycles. The van der Waals surface area contributed by atoms with Crippen LogP contribution in [0.25, 0.3) is 0 Å². The number of hydrogen-bond acceptors (Lipinski definition) is 2. The molecule has 0 aliphatic rings. The molecular weight excluding hydrogens is 226 g/mol. The number of rotatable bonds is 3. The minimum atomic E-state index is 0.728. The summed E-state index contributed by atoms with van der Waals surface area (Å²) in [6.45, 7) is 3.76. The van der Waals surface area contributed by atoms with E-state index in [2.05, 4.69) is 36.2 Å². The van der Waals surface area contributed by atoms with Crippen LogP contribution in [0.1, 0.15) is 15.3 Å². The van der Waals surface area contributed by atoms with E-state index < -0.39 is 0 Å². The van der Waals surface area contributed by atoms with Gasteiger partial charge < -0.3 is 5.32 Å². The monoisotopic (exact) mass is 241 g/mol. The average molecular weight is 241 g/mol. The molecule has 0 atom stereocenters. The molecule has 2 rings (SSSR count). The second kappa shape index (κ2) is 6.24. The van der Waals surface area contributed by atoms with Crippen LogP contribution in [0.3, 0.4) is 0 Å². The van der Waals surface area contributed by atoms with Crippen molar-refractivity contribution in [2.75, 3.05) is 6.54 Å². The van der Waals surface area contributed by atoms with Crippen molar-refractivity contribution in [1.82, 2.24) is 5.32 Å². The van der Waals surface area contributed by atoms with E-state index >= 15 is 0 Å². The van der Waals surface area contributed by atoms with Gasteiger partial charge >= 0.3 is 0 Å². The fourth-order valence-electron chi connectivity index (χ4n) is 1.50. The lowest BCUT2D eigenvalue weighted by Crippen LogP contribution is -2.12. The SMILES string of the molecule is Cc1ccc(CNCC#Cc2ccccc2)s1. The Hall–Kier alpha value is -1.56. The van der Waals surface area contributed by atoms with E-state index in [1.165, 1.54) is 9.75 Å². The highest BCUT2D eigenvalue weighted by atomic mass is 32.1. The Morgan fingerprint density at radius 1 is 1.12 bits per heavy atom. The lowest BCUT2D eigenvalue weighted by Gasteiger charge is -1.95. The first kappa shape index (κ1) is 11.9. The second-order valence-corrected chi connectivity index (χ2v) is 5.16. The number of thiophene rings is 1. The third-order valence-electron chi connectivity index (χ3n) is 2.32. The molecule has 2 heteroatoms. The van der Waals surface area contributed by atoms with Gasteiger partial charge in [-0.3, -0.25) is 0 Å². The standard InChI is InChI=1S/C15H15NS/c1-13-9-10-15(17-13)12-16-11-5-8-14-6-3-2-4-7-14/h2-4,6-7,9-10,16H,11-12H2,1H3. The van der Waals surface area contributed by atoms with Crippen LogP contribution in [0.5, 0.6) is 0 Å². The summed E-state index contributed by atoms with van der Waals surface area (Å²) in [7, 11) is 0. The molecule has 1 aromatic heterocycles. The third-order valence-corrected chi connectivity index (χ3v) is 3.32. The molecule has 0 spiro atoms. The van der Waals surface area contributed by atoms with Crippen molar-refractivity contribution in [2.24, 2.45) is 0 Å². The van der Waals surface area contributed by atoms with Gasteiger partial charge in [-0.15, -0.1) is 11.3 Å². The molecule has 0 bridgehead atoms. The predicted octanol–water partition coefficient (Wildman–Crippen LogP) is 3.20. The van der Waals surface area contributed by atoms with Crippen LogP contribution in [0.2, 0.25) is 0 Å². The normalized spacial score (nSPS) is 9.71. The molecule has 1 N–H and O–H groups in total. The average Bonchev–Trinajstić information content (AvgIpc) is 2.76. The maximum Gasteiger partial charge on any atom is 0.0583 e. The van der Waals surface area contributed by atoms with Crippen LogP contribution in [0, 0.1) is 18.8 Å². The zero-order valence-electron chi connectivity index (χ0n) is 9.86. The highest BCUT2D eigenvalue weighted by Gasteiger charge is 1.94. The smallest absolute Gasteiger partial charge is 0.0583 e. The zero-order chi connectivity index (χ0) is 11.9. The second-order valence-electron chi connectivity index (χ2n) is 3.78. The lowest BCUT2D eigenvalue weighted by molar-refractivity contribution is 0.781. The van der Waals surface area contributed by atoms with Crippen LogP contribution >= 0.6 is 11.3 Å². The van der Waals surface area contributed by atoms with Crippen molar-refractivity contribution in [1.29, 1.82) is 0 Å². The molecule has 0 amide bonds. The van der Waals surface area contributed by atoms with E-state index in [4.69, 9.17) is 0 Å². The van der Waals surface area contributed by atoms with Crippen molar-refractivity contribution in [3.8, 4) is 11.8 Å². The van der Waals surface area contributed by atoms with Crippen LogP contribution in [0.15, 0.2) is 42.5 Å². The van der Waals surface area contributed by atoms with Crippen molar-refractivity contribution < 1.29 is 0 Å². The van der Waals surface area contributed by atoms with Crippen molar-refractivity contribution in [3.05, 3.63) is 57.8 Å². The Kier molecular flexibility index (Phi) is 4.37.